The highest BCUT2D eigenvalue weighted by molar-refractivity contribution is 6.08. The number of nitrogens with zero attached hydrogens (tertiary/aromatic N) is 2. The number of benzene rings is 1. The lowest BCUT2D eigenvalue weighted by atomic mass is 9.57. The average Bonchev–Trinajstić information content (AvgIpc) is 3.36. The number of aliphatic hydroxyl groups is 4. The minimum absolute atomic E-state index is 0.00419. The molecule has 0 radical (unpaired) electrons. The molecule has 1 aromatic carbocycles. The predicted octanol–water partition coefficient (Wildman–Crippen LogP) is 2.45. The van der Waals surface area contributed by atoms with Crippen LogP contribution in [0.1, 0.15) is 36.0 Å². The molecule has 3 aliphatic carbocycles. The van der Waals surface area contributed by atoms with E-state index in [0.717, 1.165) is 5.56 Å². The van der Waals surface area contributed by atoms with Crippen LogP contribution in [0.3, 0.4) is 0 Å². The average molecular weight is 616 g/mol. The Morgan fingerprint density at radius 3 is 2.45 bits per heavy atom. The molecule has 7 N–H and O–H groups in total. The number of likely N-dealkylation sites (N-methyl/N-ethyl adjacent to an activating group) is 1. The summed E-state index contributed by atoms with van der Waals surface area (Å²) in [6, 6.07) is 3.78. The lowest BCUT2D eigenvalue weighted by Crippen LogP contribution is -2.62. The fourth-order valence-corrected chi connectivity index (χ4v) is 7.74. The quantitative estimate of drug-likeness (QED) is 0.274. The van der Waals surface area contributed by atoms with E-state index in [2.05, 4.69) is 0 Å². The molecule has 0 bridgehead atoms. The first-order valence-electron chi connectivity index (χ1n) is 14.5. The number of aromatic hydroxyl groups is 1. The minimum Gasteiger partial charge on any atom is -0.510 e. The van der Waals surface area contributed by atoms with Crippen LogP contribution < -0.4 is 5.73 Å². The van der Waals surface area contributed by atoms with Gasteiger partial charge in [0.2, 0.25) is 5.79 Å². The summed E-state index contributed by atoms with van der Waals surface area (Å²) in [5.74, 6) is -12.1. The number of hydrogen-bond acceptors (Lipinski definition) is 10. The van der Waals surface area contributed by atoms with Crippen molar-refractivity contribution in [3.8, 4) is 17.1 Å². The van der Waals surface area contributed by atoms with E-state index in [1.807, 2.05) is 4.90 Å². The smallest absolute Gasteiger partial charge is 0.253 e. The zero-order chi connectivity index (χ0) is 31.9. The number of hydrogen-bond donors (Lipinski definition) is 6. The maximum Gasteiger partial charge on any atom is 0.253 e. The molecule has 1 aromatic heterocycles. The number of amides is 1. The highest BCUT2D eigenvalue weighted by Gasteiger charge is 2.62. The third-order valence-electron chi connectivity index (χ3n) is 9.69. The van der Waals surface area contributed by atoms with Crippen LogP contribution in [0.25, 0.3) is 17.1 Å². The van der Waals surface area contributed by atoms with E-state index >= 15 is 0 Å². The number of fused-ring (bicyclic) bond motifs is 3. The summed E-state index contributed by atoms with van der Waals surface area (Å²) >= 11 is 0. The number of likely N-dealkylation sites (tertiary alicyclic amines) is 1. The number of rotatable bonds is 5. The number of phenolic OH excluding ortho intramolecular Hbond substituents is 1. The lowest BCUT2D eigenvalue weighted by Gasteiger charge is -2.51. The Hall–Kier alpha value is -3.78. The summed E-state index contributed by atoms with van der Waals surface area (Å²) in [6.07, 6.45) is 1.27. The number of nitrogens with two attached hydrogens (primary N) is 1. The molecule has 44 heavy (non-hydrogen) atoms. The maximum absolute atomic E-state index is 14.0. The number of primary amides is 1. The fraction of sp³-hybridized carbons (Fsp3) is 0.484. The van der Waals surface area contributed by atoms with E-state index in [1.54, 1.807) is 31.1 Å². The van der Waals surface area contributed by atoms with Crippen LogP contribution in [0, 0.1) is 17.8 Å². The monoisotopic (exact) mass is 615 g/mol. The standard InChI is InChI=1S/C31H35F2N3O8/c1-35(2)24-18-12-15-11-17-16(28-14(5-10-44-28)13-36-8-6-30(32,33)7-9-36)3-4-19(37)21(17)25(38)20(15)26(39)22(18)31(42,43)23(27(24)40)29(34)41/h3-5,10,15,18,22,24,37-38,40,42-43H,6-9,11-13H2,1-2H3,(H2,34,41)/t15-,18?,22?,24-/m0/s1. The van der Waals surface area contributed by atoms with Gasteiger partial charge in [-0.25, -0.2) is 8.78 Å². The van der Waals surface area contributed by atoms with E-state index in [4.69, 9.17) is 10.2 Å². The van der Waals surface area contributed by atoms with Gasteiger partial charge in [-0.2, -0.15) is 0 Å². The predicted molar refractivity (Wildman–Crippen MR) is 152 cm³/mol. The van der Waals surface area contributed by atoms with Crippen molar-refractivity contribution in [2.75, 3.05) is 27.2 Å². The van der Waals surface area contributed by atoms with Crippen LogP contribution in [0.5, 0.6) is 5.75 Å². The Labute approximate surface area is 251 Å². The molecule has 13 heteroatoms. The lowest BCUT2D eigenvalue weighted by molar-refractivity contribution is -0.203. The Morgan fingerprint density at radius 2 is 1.82 bits per heavy atom. The Kier molecular flexibility index (Phi) is 7.15. The Balaban J connectivity index is 1.42. The van der Waals surface area contributed by atoms with Crippen molar-refractivity contribution >= 4 is 17.4 Å². The van der Waals surface area contributed by atoms with Gasteiger partial charge < -0.3 is 35.7 Å². The fourth-order valence-electron chi connectivity index (χ4n) is 7.74. The third kappa shape index (κ3) is 4.61. The normalized spacial score (nSPS) is 28.1. The molecule has 4 atom stereocenters. The Morgan fingerprint density at radius 1 is 1.14 bits per heavy atom. The number of alkyl halides is 2. The third-order valence-corrected chi connectivity index (χ3v) is 9.69. The summed E-state index contributed by atoms with van der Waals surface area (Å²) < 4.78 is 33.3. The maximum atomic E-state index is 14.0. The minimum atomic E-state index is -3.10. The van der Waals surface area contributed by atoms with Crippen molar-refractivity contribution < 1.29 is 48.3 Å². The van der Waals surface area contributed by atoms with Gasteiger partial charge in [0.05, 0.1) is 23.8 Å². The molecule has 4 aliphatic rings. The van der Waals surface area contributed by atoms with Gasteiger partial charge in [-0.3, -0.25) is 19.4 Å². The van der Waals surface area contributed by atoms with Gasteiger partial charge in [0.1, 0.15) is 28.6 Å². The molecule has 0 spiro atoms. The summed E-state index contributed by atoms with van der Waals surface area (Å²) in [5.41, 5.74) is 6.18. The van der Waals surface area contributed by atoms with Gasteiger partial charge in [0.25, 0.3) is 11.8 Å². The first-order chi connectivity index (χ1) is 20.6. The number of piperidine rings is 1. The molecule has 1 amide bonds. The van der Waals surface area contributed by atoms with Gasteiger partial charge in [-0.05, 0) is 62.5 Å². The molecule has 2 aromatic rings. The van der Waals surface area contributed by atoms with Crippen LogP contribution in [0.2, 0.25) is 0 Å². The molecular formula is C31H35F2N3O8. The summed E-state index contributed by atoms with van der Waals surface area (Å²) in [5, 5.41) is 55.6. The number of carbonyl (C=O) groups excluding carboxylic acids is 2. The van der Waals surface area contributed by atoms with Gasteiger partial charge in [-0.1, -0.05) is 0 Å². The van der Waals surface area contributed by atoms with Gasteiger partial charge in [0.15, 0.2) is 5.78 Å². The SMILES string of the molecule is CN(C)[C@@H]1C(O)=C(C(N)=O)C(O)(O)C2C(=O)C3=C(O)c4c(O)ccc(-c5occc5CN5CCC(F)(F)CC5)c4C[C@H]3CC21. The second kappa shape index (κ2) is 10.4. The number of allylic oxidation sites excluding steroid dienone is 1. The van der Waals surface area contributed by atoms with Crippen LogP contribution >= 0.6 is 0 Å². The van der Waals surface area contributed by atoms with E-state index in [9.17, 15) is 43.9 Å². The number of ketones is 1. The molecule has 2 unspecified atom stereocenters. The second-order valence-electron chi connectivity index (χ2n) is 12.6. The zero-order valence-corrected chi connectivity index (χ0v) is 24.3. The van der Waals surface area contributed by atoms with Crippen molar-refractivity contribution in [2.24, 2.45) is 23.5 Å². The zero-order valence-electron chi connectivity index (χ0n) is 24.3. The number of phenols is 1. The van der Waals surface area contributed by atoms with Gasteiger partial charge in [-0.15, -0.1) is 0 Å². The number of furan rings is 1. The van der Waals surface area contributed by atoms with Crippen LogP contribution in [-0.2, 0) is 22.6 Å². The highest BCUT2D eigenvalue weighted by atomic mass is 19.3. The first kappa shape index (κ1) is 30.3. The molecule has 1 saturated carbocycles. The molecule has 2 heterocycles. The number of Topliss-reactive ketones (excluding diaryl/α,β-unsaturated/α-hetero) is 1. The molecule has 11 nitrogen and oxygen atoms in total. The largest absolute Gasteiger partial charge is 0.510 e. The summed E-state index contributed by atoms with van der Waals surface area (Å²) in [7, 11) is 3.22. The molecule has 236 valence electrons. The van der Waals surface area contributed by atoms with Crippen molar-refractivity contribution in [3.05, 3.63) is 58.1 Å². The van der Waals surface area contributed by atoms with E-state index in [-0.39, 0.29) is 55.7 Å². The summed E-state index contributed by atoms with van der Waals surface area (Å²) in [4.78, 5) is 29.8. The number of aliphatic hydroxyl groups excluding tert-OH is 2. The van der Waals surface area contributed by atoms with Gasteiger partial charge >= 0.3 is 0 Å². The molecular weight excluding hydrogens is 580 g/mol. The second-order valence-corrected chi connectivity index (χ2v) is 12.6. The highest BCUT2D eigenvalue weighted by Crippen LogP contribution is 2.54. The number of carbonyl (C=O) groups is 2. The van der Waals surface area contributed by atoms with Crippen LogP contribution in [-0.4, -0.2) is 92.0 Å². The van der Waals surface area contributed by atoms with E-state index < -0.39 is 64.3 Å². The first-order valence-corrected chi connectivity index (χ1v) is 14.5. The molecule has 2 fully saturated rings. The van der Waals surface area contributed by atoms with E-state index in [1.165, 1.54) is 12.3 Å². The Bertz CT molecular complexity index is 1600. The molecule has 6 rings (SSSR count). The van der Waals surface area contributed by atoms with Crippen LogP contribution in [0.15, 0.2) is 45.8 Å². The van der Waals surface area contributed by atoms with Crippen molar-refractivity contribution in [3.63, 3.8) is 0 Å². The summed E-state index contributed by atoms with van der Waals surface area (Å²) in [6.45, 7) is 0.783. The van der Waals surface area contributed by atoms with Gasteiger partial charge in [0, 0.05) is 49.2 Å². The van der Waals surface area contributed by atoms with Crippen LogP contribution in [0.4, 0.5) is 8.78 Å². The topological polar surface area (TPSA) is 181 Å². The van der Waals surface area contributed by atoms with Crippen molar-refractivity contribution in [1.29, 1.82) is 0 Å². The molecule has 1 saturated heterocycles. The van der Waals surface area contributed by atoms with Crippen molar-refractivity contribution in [1.82, 2.24) is 9.80 Å². The van der Waals surface area contributed by atoms with Crippen molar-refractivity contribution in [2.45, 2.75) is 50.0 Å². The number of halogens is 2. The van der Waals surface area contributed by atoms with E-state index in [0.29, 0.717) is 23.4 Å². The molecule has 1 aliphatic heterocycles.